The Labute approximate surface area is 75.6 Å². The summed E-state index contributed by atoms with van der Waals surface area (Å²) in [6.45, 7) is 7.33. The molecule has 1 fully saturated rings. The molecular formula is C10H20N2. The van der Waals surface area contributed by atoms with Crippen LogP contribution in [-0.2, 0) is 0 Å². The standard InChI is InChI=1S/C10H20N2/c1-3-4-5-8-12(2)9-10-6-7-11-10/h3,10-11H,1,4-9H2,2H3. The van der Waals surface area contributed by atoms with Crippen LogP contribution in [0.2, 0.25) is 0 Å². The fourth-order valence-electron chi connectivity index (χ4n) is 1.48. The summed E-state index contributed by atoms with van der Waals surface area (Å²) in [7, 11) is 2.20. The van der Waals surface area contributed by atoms with E-state index in [0.717, 1.165) is 12.5 Å². The minimum Gasteiger partial charge on any atom is -0.313 e. The molecule has 2 nitrogen and oxygen atoms in total. The van der Waals surface area contributed by atoms with Crippen molar-refractivity contribution in [1.29, 1.82) is 0 Å². The molecule has 2 heteroatoms. The van der Waals surface area contributed by atoms with Crippen LogP contribution in [0.4, 0.5) is 0 Å². The molecule has 1 saturated heterocycles. The molecule has 0 aromatic heterocycles. The van der Waals surface area contributed by atoms with Crippen molar-refractivity contribution < 1.29 is 0 Å². The quantitative estimate of drug-likeness (QED) is 0.474. The van der Waals surface area contributed by atoms with Crippen LogP contribution in [0.1, 0.15) is 19.3 Å². The van der Waals surface area contributed by atoms with Gasteiger partial charge in [0.2, 0.25) is 0 Å². The first-order chi connectivity index (χ1) is 5.83. The lowest BCUT2D eigenvalue weighted by molar-refractivity contribution is 0.240. The van der Waals surface area contributed by atoms with Crippen molar-refractivity contribution in [3.05, 3.63) is 12.7 Å². The zero-order chi connectivity index (χ0) is 8.81. The molecule has 1 aliphatic rings. The lowest BCUT2D eigenvalue weighted by atomic mass is 10.1. The van der Waals surface area contributed by atoms with E-state index in [4.69, 9.17) is 0 Å². The van der Waals surface area contributed by atoms with E-state index in [9.17, 15) is 0 Å². The maximum absolute atomic E-state index is 3.71. The predicted molar refractivity (Wildman–Crippen MR) is 53.3 cm³/mol. The fourth-order valence-corrected chi connectivity index (χ4v) is 1.48. The van der Waals surface area contributed by atoms with Gasteiger partial charge in [-0.25, -0.2) is 0 Å². The zero-order valence-electron chi connectivity index (χ0n) is 8.05. The lowest BCUT2D eigenvalue weighted by Crippen LogP contribution is -2.49. The third-order valence-electron chi connectivity index (χ3n) is 2.41. The van der Waals surface area contributed by atoms with E-state index in [1.807, 2.05) is 6.08 Å². The summed E-state index contributed by atoms with van der Waals surface area (Å²) in [5.41, 5.74) is 0. The smallest absolute Gasteiger partial charge is 0.0206 e. The Morgan fingerprint density at radius 1 is 1.67 bits per heavy atom. The summed E-state index contributed by atoms with van der Waals surface area (Å²) < 4.78 is 0. The van der Waals surface area contributed by atoms with E-state index < -0.39 is 0 Å². The van der Waals surface area contributed by atoms with Crippen LogP contribution < -0.4 is 5.32 Å². The fraction of sp³-hybridized carbons (Fsp3) is 0.800. The molecule has 0 amide bonds. The van der Waals surface area contributed by atoms with Gasteiger partial charge in [-0.1, -0.05) is 6.08 Å². The Bertz CT molecular complexity index is 130. The number of unbranched alkanes of at least 4 members (excludes halogenated alkanes) is 1. The van der Waals surface area contributed by atoms with Crippen molar-refractivity contribution in [1.82, 2.24) is 10.2 Å². The molecule has 70 valence electrons. The van der Waals surface area contributed by atoms with Crippen molar-refractivity contribution in [2.75, 3.05) is 26.7 Å². The van der Waals surface area contributed by atoms with Gasteiger partial charge < -0.3 is 10.2 Å². The monoisotopic (exact) mass is 168 g/mol. The molecule has 0 aliphatic carbocycles. The topological polar surface area (TPSA) is 15.3 Å². The number of hydrogen-bond donors (Lipinski definition) is 1. The molecule has 0 bridgehead atoms. The molecule has 0 aromatic carbocycles. The van der Waals surface area contributed by atoms with Gasteiger partial charge in [-0.15, -0.1) is 6.58 Å². The van der Waals surface area contributed by atoms with Crippen LogP contribution in [0.25, 0.3) is 0 Å². The van der Waals surface area contributed by atoms with Gasteiger partial charge in [-0.3, -0.25) is 0 Å². The van der Waals surface area contributed by atoms with E-state index >= 15 is 0 Å². The number of allylic oxidation sites excluding steroid dienone is 1. The van der Waals surface area contributed by atoms with Crippen molar-refractivity contribution in [2.24, 2.45) is 0 Å². The molecule has 1 heterocycles. The van der Waals surface area contributed by atoms with Gasteiger partial charge in [0.1, 0.15) is 0 Å². The van der Waals surface area contributed by atoms with Gasteiger partial charge in [0.05, 0.1) is 0 Å². The van der Waals surface area contributed by atoms with Crippen LogP contribution in [0.15, 0.2) is 12.7 Å². The third-order valence-corrected chi connectivity index (χ3v) is 2.41. The van der Waals surface area contributed by atoms with E-state index in [1.54, 1.807) is 0 Å². The van der Waals surface area contributed by atoms with Gasteiger partial charge in [0.25, 0.3) is 0 Å². The van der Waals surface area contributed by atoms with Crippen LogP contribution in [0.3, 0.4) is 0 Å². The second-order valence-electron chi connectivity index (χ2n) is 3.63. The number of nitrogens with zero attached hydrogens (tertiary/aromatic N) is 1. The average molecular weight is 168 g/mol. The summed E-state index contributed by atoms with van der Waals surface area (Å²) in [6, 6.07) is 0.763. The second kappa shape index (κ2) is 5.33. The minimum atomic E-state index is 0.763. The Morgan fingerprint density at radius 2 is 2.42 bits per heavy atom. The Hall–Kier alpha value is -0.340. The molecule has 0 radical (unpaired) electrons. The number of rotatable bonds is 6. The van der Waals surface area contributed by atoms with Crippen molar-refractivity contribution in [3.63, 3.8) is 0 Å². The van der Waals surface area contributed by atoms with Crippen LogP contribution in [0, 0.1) is 0 Å². The van der Waals surface area contributed by atoms with Crippen LogP contribution in [0.5, 0.6) is 0 Å². The van der Waals surface area contributed by atoms with Gasteiger partial charge in [-0.05, 0) is 39.4 Å². The van der Waals surface area contributed by atoms with Gasteiger partial charge in [0, 0.05) is 12.6 Å². The molecule has 0 saturated carbocycles. The van der Waals surface area contributed by atoms with Gasteiger partial charge in [-0.2, -0.15) is 0 Å². The Kier molecular flexibility index (Phi) is 4.33. The van der Waals surface area contributed by atoms with Gasteiger partial charge in [0.15, 0.2) is 0 Å². The molecule has 1 N–H and O–H groups in total. The molecule has 1 unspecified atom stereocenters. The Balaban J connectivity index is 1.94. The molecule has 12 heavy (non-hydrogen) atoms. The van der Waals surface area contributed by atoms with Crippen LogP contribution >= 0.6 is 0 Å². The van der Waals surface area contributed by atoms with Crippen LogP contribution in [-0.4, -0.2) is 37.6 Å². The second-order valence-corrected chi connectivity index (χ2v) is 3.63. The molecular weight excluding hydrogens is 148 g/mol. The summed E-state index contributed by atoms with van der Waals surface area (Å²) in [5.74, 6) is 0. The van der Waals surface area contributed by atoms with Crippen molar-refractivity contribution >= 4 is 0 Å². The summed E-state index contributed by atoms with van der Waals surface area (Å²) in [6.07, 6.45) is 5.73. The first-order valence-electron chi connectivity index (χ1n) is 4.85. The highest BCUT2D eigenvalue weighted by Gasteiger charge is 2.17. The highest BCUT2D eigenvalue weighted by molar-refractivity contribution is 4.80. The van der Waals surface area contributed by atoms with Crippen molar-refractivity contribution in [2.45, 2.75) is 25.3 Å². The highest BCUT2D eigenvalue weighted by Crippen LogP contribution is 2.04. The van der Waals surface area contributed by atoms with Crippen molar-refractivity contribution in [3.8, 4) is 0 Å². The average Bonchev–Trinajstić information content (AvgIpc) is 1.98. The maximum Gasteiger partial charge on any atom is 0.0206 e. The minimum absolute atomic E-state index is 0.763. The van der Waals surface area contributed by atoms with E-state index in [2.05, 4.69) is 23.8 Å². The van der Waals surface area contributed by atoms with E-state index in [-0.39, 0.29) is 0 Å². The first-order valence-corrected chi connectivity index (χ1v) is 4.85. The molecule has 1 atom stereocenters. The lowest BCUT2D eigenvalue weighted by Gasteiger charge is -2.31. The summed E-state index contributed by atoms with van der Waals surface area (Å²) >= 11 is 0. The maximum atomic E-state index is 3.71. The molecule has 0 aromatic rings. The molecule has 0 spiro atoms. The Morgan fingerprint density at radius 3 is 2.92 bits per heavy atom. The van der Waals surface area contributed by atoms with E-state index in [0.29, 0.717) is 0 Å². The number of likely N-dealkylation sites (N-methyl/N-ethyl adjacent to an activating group) is 1. The first kappa shape index (κ1) is 9.75. The predicted octanol–water partition coefficient (Wildman–Crippen LogP) is 1.25. The normalized spacial score (nSPS) is 22.3. The molecule has 1 rings (SSSR count). The summed E-state index contributed by atoms with van der Waals surface area (Å²) in [4.78, 5) is 2.40. The molecule has 1 aliphatic heterocycles. The van der Waals surface area contributed by atoms with E-state index in [1.165, 1.54) is 32.5 Å². The highest BCUT2D eigenvalue weighted by atomic mass is 15.1. The van der Waals surface area contributed by atoms with Gasteiger partial charge >= 0.3 is 0 Å². The summed E-state index contributed by atoms with van der Waals surface area (Å²) in [5, 5.41) is 3.40. The zero-order valence-corrected chi connectivity index (χ0v) is 8.05. The largest absolute Gasteiger partial charge is 0.313 e. The SMILES string of the molecule is C=CCCCN(C)CC1CCN1. The third kappa shape index (κ3) is 3.37. The number of hydrogen-bond acceptors (Lipinski definition) is 2. The number of nitrogens with one attached hydrogen (secondary N) is 1.